The Morgan fingerprint density at radius 2 is 2.10 bits per heavy atom. The van der Waals surface area contributed by atoms with Crippen LogP contribution in [0.1, 0.15) is 32.3 Å². The van der Waals surface area contributed by atoms with E-state index in [2.05, 4.69) is 0 Å². The number of ether oxygens (including phenoxy) is 1. The van der Waals surface area contributed by atoms with Crippen molar-refractivity contribution in [3.8, 4) is 0 Å². The molecule has 2 fully saturated rings. The Bertz CT molecular complexity index is 1040. The fraction of sp³-hybridized carbons (Fsp3) is 0.435. The van der Waals surface area contributed by atoms with E-state index in [-0.39, 0.29) is 24.5 Å². The van der Waals surface area contributed by atoms with Crippen molar-refractivity contribution in [2.75, 3.05) is 26.2 Å². The van der Waals surface area contributed by atoms with Gasteiger partial charge < -0.3 is 14.2 Å². The summed E-state index contributed by atoms with van der Waals surface area (Å²) in [4.78, 5) is 29.8. The summed E-state index contributed by atoms with van der Waals surface area (Å²) in [5.41, 5.74) is 1.89. The Labute approximate surface area is 192 Å². The second kappa shape index (κ2) is 9.54. The highest BCUT2D eigenvalue weighted by atomic mass is 32.2. The molecule has 1 aromatic carbocycles. The summed E-state index contributed by atoms with van der Waals surface area (Å²) in [7, 11) is 0. The van der Waals surface area contributed by atoms with Crippen molar-refractivity contribution in [1.82, 2.24) is 14.4 Å². The highest BCUT2D eigenvalue weighted by molar-refractivity contribution is 8.26. The number of nitrogens with zero attached hydrogens (tertiary/aromatic N) is 3. The van der Waals surface area contributed by atoms with Gasteiger partial charge in [-0.2, -0.15) is 0 Å². The molecule has 0 saturated carbocycles. The maximum atomic E-state index is 13.0. The van der Waals surface area contributed by atoms with Crippen LogP contribution in [0.2, 0.25) is 0 Å². The lowest BCUT2D eigenvalue weighted by molar-refractivity contribution is -0.131. The highest BCUT2D eigenvalue weighted by Gasteiger charge is 2.34. The summed E-state index contributed by atoms with van der Waals surface area (Å²) < 4.78 is 8.22. The standard InChI is InChI=1S/C23H27N3O3S2/c1-3-24(4-2)21(27)15-25-13-16(18-9-5-6-10-19(18)25)12-20-22(28)26(23(30)31-20)14-17-8-7-11-29-17/h5-6,9-10,12-13,17H,3-4,7-8,11,14-15H2,1-2H3/b20-12-/t17-/m1/s1. The smallest absolute Gasteiger partial charge is 0.266 e. The lowest BCUT2D eigenvalue weighted by Crippen LogP contribution is -2.35. The molecule has 1 aromatic heterocycles. The van der Waals surface area contributed by atoms with Crippen LogP contribution in [-0.2, 0) is 20.9 Å². The van der Waals surface area contributed by atoms with Crippen LogP contribution in [0.3, 0.4) is 0 Å². The molecule has 1 atom stereocenters. The molecule has 3 heterocycles. The summed E-state index contributed by atoms with van der Waals surface area (Å²) in [6, 6.07) is 7.96. The van der Waals surface area contributed by atoms with Crippen LogP contribution >= 0.6 is 24.0 Å². The Morgan fingerprint density at radius 1 is 1.32 bits per heavy atom. The zero-order valence-corrected chi connectivity index (χ0v) is 19.5. The fourth-order valence-corrected chi connectivity index (χ4v) is 5.40. The molecule has 0 radical (unpaired) electrons. The first-order valence-corrected chi connectivity index (χ1v) is 12.0. The molecule has 164 valence electrons. The van der Waals surface area contributed by atoms with Gasteiger partial charge in [0.2, 0.25) is 5.91 Å². The van der Waals surface area contributed by atoms with Gasteiger partial charge in [0.1, 0.15) is 10.9 Å². The van der Waals surface area contributed by atoms with E-state index in [1.165, 1.54) is 11.8 Å². The number of thiocarbonyl (C=S) groups is 1. The molecule has 2 aliphatic heterocycles. The highest BCUT2D eigenvalue weighted by Crippen LogP contribution is 2.35. The maximum absolute atomic E-state index is 13.0. The summed E-state index contributed by atoms with van der Waals surface area (Å²) in [5.74, 6) is 0.0155. The van der Waals surface area contributed by atoms with Gasteiger partial charge in [0.05, 0.1) is 17.6 Å². The van der Waals surface area contributed by atoms with Gasteiger partial charge in [0.25, 0.3) is 5.91 Å². The Balaban J connectivity index is 1.61. The van der Waals surface area contributed by atoms with Gasteiger partial charge in [0, 0.05) is 42.4 Å². The third-order valence-corrected chi connectivity index (χ3v) is 7.19. The van der Waals surface area contributed by atoms with Gasteiger partial charge in [-0.1, -0.05) is 42.2 Å². The van der Waals surface area contributed by atoms with Crippen LogP contribution in [0.4, 0.5) is 0 Å². The molecule has 8 heteroatoms. The average molecular weight is 458 g/mol. The lowest BCUT2D eigenvalue weighted by Gasteiger charge is -2.19. The van der Waals surface area contributed by atoms with Crippen molar-refractivity contribution in [3.63, 3.8) is 0 Å². The van der Waals surface area contributed by atoms with E-state index in [1.54, 1.807) is 4.90 Å². The van der Waals surface area contributed by atoms with E-state index in [4.69, 9.17) is 17.0 Å². The third kappa shape index (κ3) is 4.56. The lowest BCUT2D eigenvalue weighted by atomic mass is 10.1. The van der Waals surface area contributed by atoms with Crippen molar-refractivity contribution in [2.24, 2.45) is 0 Å². The average Bonchev–Trinajstić information content (AvgIpc) is 3.46. The number of rotatable bonds is 7. The second-order valence-electron chi connectivity index (χ2n) is 7.72. The minimum absolute atomic E-state index is 0.0647. The van der Waals surface area contributed by atoms with Gasteiger partial charge in [-0.3, -0.25) is 14.5 Å². The Morgan fingerprint density at radius 3 is 2.81 bits per heavy atom. The molecule has 2 aliphatic rings. The number of fused-ring (bicyclic) bond motifs is 1. The quantitative estimate of drug-likeness (QED) is 0.466. The maximum Gasteiger partial charge on any atom is 0.266 e. The molecule has 6 nitrogen and oxygen atoms in total. The number of carbonyl (C=O) groups excluding carboxylic acids is 2. The van der Waals surface area contributed by atoms with Crippen molar-refractivity contribution in [2.45, 2.75) is 39.3 Å². The van der Waals surface area contributed by atoms with E-state index in [0.717, 1.165) is 35.9 Å². The summed E-state index contributed by atoms with van der Waals surface area (Å²) >= 11 is 6.81. The molecule has 2 amide bonds. The molecule has 0 bridgehead atoms. The van der Waals surface area contributed by atoms with Gasteiger partial charge >= 0.3 is 0 Å². The molecule has 4 rings (SSSR count). The Hall–Kier alpha value is -2.16. The van der Waals surface area contributed by atoms with E-state index >= 15 is 0 Å². The topological polar surface area (TPSA) is 54.8 Å². The zero-order chi connectivity index (χ0) is 22.0. The molecule has 2 saturated heterocycles. The van der Waals surface area contributed by atoms with Crippen LogP contribution in [0.5, 0.6) is 0 Å². The molecular formula is C23H27N3O3S2. The van der Waals surface area contributed by atoms with E-state index in [9.17, 15) is 9.59 Å². The Kier molecular flexibility index (Phi) is 6.79. The normalized spacial score (nSPS) is 20.4. The second-order valence-corrected chi connectivity index (χ2v) is 9.40. The van der Waals surface area contributed by atoms with Gasteiger partial charge in [0.15, 0.2) is 0 Å². The summed E-state index contributed by atoms with van der Waals surface area (Å²) in [5, 5.41) is 1.01. The van der Waals surface area contributed by atoms with Crippen molar-refractivity contribution in [3.05, 3.63) is 40.9 Å². The van der Waals surface area contributed by atoms with Crippen molar-refractivity contribution in [1.29, 1.82) is 0 Å². The number of likely N-dealkylation sites (N-methyl/N-ethyl adjacent to an activating group) is 1. The largest absolute Gasteiger partial charge is 0.376 e. The first kappa shape index (κ1) is 22.0. The molecule has 0 N–H and O–H groups in total. The van der Waals surface area contributed by atoms with Crippen LogP contribution in [0, 0.1) is 0 Å². The number of carbonyl (C=O) groups is 2. The first-order valence-electron chi connectivity index (χ1n) is 10.7. The van der Waals surface area contributed by atoms with Gasteiger partial charge in [-0.25, -0.2) is 0 Å². The van der Waals surface area contributed by atoms with Crippen molar-refractivity contribution >= 4 is 57.1 Å². The van der Waals surface area contributed by atoms with E-state index in [0.29, 0.717) is 28.9 Å². The molecule has 0 aliphatic carbocycles. The number of thioether (sulfide) groups is 1. The number of aromatic nitrogens is 1. The molecule has 2 aromatic rings. The number of benzene rings is 1. The van der Waals surface area contributed by atoms with Crippen LogP contribution in [0.25, 0.3) is 17.0 Å². The van der Waals surface area contributed by atoms with Crippen LogP contribution in [-0.4, -0.2) is 62.8 Å². The number of para-hydroxylation sites is 1. The summed E-state index contributed by atoms with van der Waals surface area (Å²) in [6.45, 7) is 6.89. The number of amides is 2. The van der Waals surface area contributed by atoms with E-state index in [1.807, 2.05) is 59.9 Å². The SMILES string of the molecule is CCN(CC)C(=O)Cn1cc(/C=C2\SC(=S)N(C[C@H]3CCCO3)C2=O)c2ccccc21. The summed E-state index contributed by atoms with van der Waals surface area (Å²) in [6.07, 6.45) is 5.91. The van der Waals surface area contributed by atoms with Crippen molar-refractivity contribution < 1.29 is 14.3 Å². The molecule has 31 heavy (non-hydrogen) atoms. The monoisotopic (exact) mass is 457 g/mol. The molecular weight excluding hydrogens is 430 g/mol. The van der Waals surface area contributed by atoms with Gasteiger partial charge in [-0.05, 0) is 38.8 Å². The third-order valence-electron chi connectivity index (χ3n) is 5.81. The fourth-order valence-electron chi connectivity index (χ4n) is 4.13. The predicted octanol–water partition coefficient (Wildman–Crippen LogP) is 3.89. The number of hydrogen-bond acceptors (Lipinski definition) is 5. The molecule has 0 spiro atoms. The van der Waals surface area contributed by atoms with Crippen LogP contribution in [0.15, 0.2) is 35.4 Å². The zero-order valence-electron chi connectivity index (χ0n) is 17.9. The minimum Gasteiger partial charge on any atom is -0.376 e. The number of hydrogen-bond donors (Lipinski definition) is 0. The molecule has 0 unspecified atom stereocenters. The van der Waals surface area contributed by atoms with Crippen LogP contribution < -0.4 is 0 Å². The predicted molar refractivity (Wildman–Crippen MR) is 129 cm³/mol. The first-order chi connectivity index (χ1) is 15.0. The van der Waals surface area contributed by atoms with Gasteiger partial charge in [-0.15, -0.1) is 0 Å². The minimum atomic E-state index is -0.0680. The van der Waals surface area contributed by atoms with E-state index < -0.39 is 0 Å².